The fraction of sp³-hybridized carbons (Fsp3) is 0.0833. The summed E-state index contributed by atoms with van der Waals surface area (Å²) in [5, 5.41) is 9.13. The summed E-state index contributed by atoms with van der Waals surface area (Å²) < 4.78 is 12.7. The molecule has 76 valence electrons. The monoisotopic (exact) mass is 203 g/mol. The van der Waals surface area contributed by atoms with Gasteiger partial charge >= 0.3 is 0 Å². The molecule has 0 saturated heterocycles. The minimum absolute atomic E-state index is 0.0464. The molecule has 3 heteroatoms. The van der Waals surface area contributed by atoms with Gasteiger partial charge in [0.2, 0.25) is 0 Å². The summed E-state index contributed by atoms with van der Waals surface area (Å²) in [6.45, 7) is -0.0464. The van der Waals surface area contributed by atoms with E-state index in [1.807, 2.05) is 0 Å². The fourth-order valence-electron chi connectivity index (χ4n) is 1.45. The van der Waals surface area contributed by atoms with Crippen molar-refractivity contribution in [3.05, 3.63) is 54.1 Å². The number of hydrogen-bond acceptors (Lipinski definition) is 2. The molecule has 2 aromatic rings. The van der Waals surface area contributed by atoms with E-state index in [9.17, 15) is 4.39 Å². The van der Waals surface area contributed by atoms with Crippen LogP contribution in [0.25, 0.3) is 11.1 Å². The van der Waals surface area contributed by atoms with E-state index in [2.05, 4.69) is 4.98 Å². The van der Waals surface area contributed by atoms with Crippen molar-refractivity contribution in [1.82, 2.24) is 4.98 Å². The van der Waals surface area contributed by atoms with Crippen molar-refractivity contribution in [1.29, 1.82) is 0 Å². The first-order chi connectivity index (χ1) is 7.31. The van der Waals surface area contributed by atoms with Crippen LogP contribution in [0.1, 0.15) is 5.56 Å². The van der Waals surface area contributed by atoms with E-state index < -0.39 is 0 Å². The number of pyridine rings is 1. The minimum Gasteiger partial charge on any atom is -0.392 e. The molecular formula is C12H10FNO. The maximum Gasteiger partial charge on any atom is 0.123 e. The molecule has 1 aromatic carbocycles. The van der Waals surface area contributed by atoms with Crippen LogP contribution in [0, 0.1) is 5.82 Å². The van der Waals surface area contributed by atoms with E-state index in [1.54, 1.807) is 30.6 Å². The summed E-state index contributed by atoms with van der Waals surface area (Å²) >= 11 is 0. The maximum atomic E-state index is 12.7. The maximum absolute atomic E-state index is 12.7. The van der Waals surface area contributed by atoms with Gasteiger partial charge in [0.15, 0.2) is 0 Å². The van der Waals surface area contributed by atoms with Gasteiger partial charge in [-0.25, -0.2) is 4.39 Å². The zero-order chi connectivity index (χ0) is 10.7. The summed E-state index contributed by atoms with van der Waals surface area (Å²) in [5.74, 6) is -0.270. The second kappa shape index (κ2) is 4.19. The number of halogens is 1. The van der Waals surface area contributed by atoms with Crippen molar-refractivity contribution >= 4 is 0 Å². The molecule has 0 spiro atoms. The first-order valence-electron chi connectivity index (χ1n) is 4.61. The van der Waals surface area contributed by atoms with Gasteiger partial charge in [-0.05, 0) is 29.3 Å². The molecule has 0 bridgehead atoms. The molecule has 2 nitrogen and oxygen atoms in total. The molecule has 0 aliphatic carbocycles. The molecule has 15 heavy (non-hydrogen) atoms. The normalized spacial score (nSPS) is 10.3. The highest BCUT2D eigenvalue weighted by Crippen LogP contribution is 2.22. The number of nitrogens with zero attached hydrogens (tertiary/aromatic N) is 1. The van der Waals surface area contributed by atoms with Crippen LogP contribution >= 0.6 is 0 Å². The van der Waals surface area contributed by atoms with Crippen LogP contribution in [0.5, 0.6) is 0 Å². The minimum atomic E-state index is -0.270. The van der Waals surface area contributed by atoms with Gasteiger partial charge in [-0.2, -0.15) is 0 Å². The summed E-state index contributed by atoms with van der Waals surface area (Å²) in [6, 6.07) is 7.88. The Hall–Kier alpha value is -1.74. The summed E-state index contributed by atoms with van der Waals surface area (Å²) in [5.41, 5.74) is 2.48. The van der Waals surface area contributed by atoms with Crippen LogP contribution in [0.15, 0.2) is 42.7 Å². The highest BCUT2D eigenvalue weighted by Gasteiger charge is 2.03. The molecule has 0 aliphatic heterocycles. The van der Waals surface area contributed by atoms with Crippen molar-refractivity contribution in [2.75, 3.05) is 0 Å². The zero-order valence-corrected chi connectivity index (χ0v) is 8.02. The van der Waals surface area contributed by atoms with E-state index in [0.717, 1.165) is 16.7 Å². The highest BCUT2D eigenvalue weighted by molar-refractivity contribution is 5.65. The summed E-state index contributed by atoms with van der Waals surface area (Å²) in [7, 11) is 0. The van der Waals surface area contributed by atoms with Gasteiger partial charge in [-0.15, -0.1) is 0 Å². The standard InChI is InChI=1S/C12H10FNO/c13-11-3-1-9(2-4-11)12-7-14-6-5-10(12)8-15/h1-7,15H,8H2. The molecular weight excluding hydrogens is 193 g/mol. The Morgan fingerprint density at radius 3 is 2.53 bits per heavy atom. The second-order valence-electron chi connectivity index (χ2n) is 3.20. The first-order valence-corrected chi connectivity index (χ1v) is 4.61. The highest BCUT2D eigenvalue weighted by atomic mass is 19.1. The largest absolute Gasteiger partial charge is 0.392 e. The van der Waals surface area contributed by atoms with Crippen LogP contribution in [0.3, 0.4) is 0 Å². The Bertz CT molecular complexity index is 453. The number of aliphatic hydroxyl groups is 1. The summed E-state index contributed by atoms with van der Waals surface area (Å²) in [4.78, 5) is 3.99. The van der Waals surface area contributed by atoms with E-state index in [0.29, 0.717) is 0 Å². The van der Waals surface area contributed by atoms with Gasteiger partial charge in [0.1, 0.15) is 5.82 Å². The van der Waals surface area contributed by atoms with Crippen molar-refractivity contribution in [2.24, 2.45) is 0 Å². The number of hydrogen-bond donors (Lipinski definition) is 1. The Morgan fingerprint density at radius 2 is 1.87 bits per heavy atom. The van der Waals surface area contributed by atoms with Crippen molar-refractivity contribution in [2.45, 2.75) is 6.61 Å². The van der Waals surface area contributed by atoms with Crippen molar-refractivity contribution < 1.29 is 9.50 Å². The van der Waals surface area contributed by atoms with Crippen LogP contribution in [-0.2, 0) is 6.61 Å². The smallest absolute Gasteiger partial charge is 0.123 e. The number of aromatic nitrogens is 1. The second-order valence-corrected chi connectivity index (χ2v) is 3.20. The summed E-state index contributed by atoms with van der Waals surface area (Å²) in [6.07, 6.45) is 3.29. The SMILES string of the molecule is OCc1ccncc1-c1ccc(F)cc1. The van der Waals surface area contributed by atoms with Crippen LogP contribution in [0.2, 0.25) is 0 Å². The van der Waals surface area contributed by atoms with E-state index in [1.165, 1.54) is 12.1 Å². The average molecular weight is 203 g/mol. The van der Waals surface area contributed by atoms with E-state index in [-0.39, 0.29) is 12.4 Å². The third kappa shape index (κ3) is 2.02. The zero-order valence-electron chi connectivity index (χ0n) is 8.02. The van der Waals surface area contributed by atoms with Gasteiger partial charge in [0.25, 0.3) is 0 Å². The molecule has 0 radical (unpaired) electrons. The third-order valence-corrected chi connectivity index (χ3v) is 2.24. The molecule has 2 rings (SSSR count). The molecule has 0 fully saturated rings. The Morgan fingerprint density at radius 1 is 1.13 bits per heavy atom. The molecule has 0 atom stereocenters. The van der Waals surface area contributed by atoms with Crippen molar-refractivity contribution in [3.8, 4) is 11.1 Å². The first kappa shape index (κ1) is 9.80. The van der Waals surface area contributed by atoms with E-state index >= 15 is 0 Å². The number of rotatable bonds is 2. The lowest BCUT2D eigenvalue weighted by molar-refractivity contribution is 0.282. The van der Waals surface area contributed by atoms with Crippen LogP contribution in [-0.4, -0.2) is 10.1 Å². The molecule has 0 saturated carbocycles. The van der Waals surface area contributed by atoms with Gasteiger partial charge in [-0.3, -0.25) is 4.98 Å². The lowest BCUT2D eigenvalue weighted by Crippen LogP contribution is -1.90. The fourth-order valence-corrected chi connectivity index (χ4v) is 1.45. The molecule has 1 aromatic heterocycles. The number of benzene rings is 1. The number of aliphatic hydroxyl groups excluding tert-OH is 1. The van der Waals surface area contributed by atoms with Crippen LogP contribution in [0.4, 0.5) is 4.39 Å². The van der Waals surface area contributed by atoms with E-state index in [4.69, 9.17) is 5.11 Å². The van der Waals surface area contributed by atoms with Crippen molar-refractivity contribution in [3.63, 3.8) is 0 Å². The Labute approximate surface area is 87.0 Å². The Kier molecular flexibility index (Phi) is 2.74. The van der Waals surface area contributed by atoms with Gasteiger partial charge in [-0.1, -0.05) is 12.1 Å². The molecule has 0 aliphatic rings. The lowest BCUT2D eigenvalue weighted by Gasteiger charge is -2.06. The predicted octanol–water partition coefficient (Wildman–Crippen LogP) is 2.38. The quantitative estimate of drug-likeness (QED) is 0.812. The molecule has 1 N–H and O–H groups in total. The van der Waals surface area contributed by atoms with Gasteiger partial charge < -0.3 is 5.11 Å². The third-order valence-electron chi connectivity index (χ3n) is 2.24. The van der Waals surface area contributed by atoms with Crippen LogP contribution < -0.4 is 0 Å². The molecule has 0 unspecified atom stereocenters. The average Bonchev–Trinajstić information content (AvgIpc) is 2.30. The van der Waals surface area contributed by atoms with Gasteiger partial charge in [0, 0.05) is 18.0 Å². The lowest BCUT2D eigenvalue weighted by atomic mass is 10.0. The molecule has 1 heterocycles. The molecule has 0 amide bonds. The topological polar surface area (TPSA) is 33.1 Å². The Balaban J connectivity index is 2.49. The van der Waals surface area contributed by atoms with Gasteiger partial charge in [0.05, 0.1) is 6.61 Å². The predicted molar refractivity (Wildman–Crippen MR) is 55.6 cm³/mol.